The zero-order valence-electron chi connectivity index (χ0n) is 31.6. The van der Waals surface area contributed by atoms with E-state index in [1.165, 1.54) is 5.01 Å². The zero-order valence-corrected chi connectivity index (χ0v) is 33.2. The quantitative estimate of drug-likeness (QED) is 0.0743. The normalized spacial score (nSPS) is 12.8. The maximum atomic E-state index is 14.8. The van der Waals surface area contributed by atoms with Crippen molar-refractivity contribution in [2.45, 2.75) is 85.0 Å². The molecular weight excluding hydrogens is 714 g/mol. The van der Waals surface area contributed by atoms with E-state index in [1.54, 1.807) is 35.4 Å². The molecular formula is C40H52ClN5O6S. The van der Waals surface area contributed by atoms with Gasteiger partial charge in [-0.2, -0.15) is 0 Å². The van der Waals surface area contributed by atoms with Crippen LogP contribution in [0.15, 0.2) is 78.2 Å². The fraction of sp³-hybridized carbons (Fsp3) is 0.425. The van der Waals surface area contributed by atoms with Crippen molar-refractivity contribution in [2.24, 2.45) is 0 Å². The summed E-state index contributed by atoms with van der Waals surface area (Å²) in [6.45, 7) is 12.7. The molecule has 13 heteroatoms. The number of rotatable bonds is 18. The zero-order chi connectivity index (χ0) is 38.5. The second-order valence-electron chi connectivity index (χ2n) is 13.7. The summed E-state index contributed by atoms with van der Waals surface area (Å²) in [5.74, 6) is -0.0424. The van der Waals surface area contributed by atoms with E-state index < -0.39 is 30.3 Å². The summed E-state index contributed by atoms with van der Waals surface area (Å²) in [6, 6.07) is 20.8. The first-order chi connectivity index (χ1) is 25.3. The molecule has 4 aromatic rings. The number of carbonyl (C=O) groups excluding carboxylic acids is 3. The van der Waals surface area contributed by atoms with Crippen LogP contribution >= 0.6 is 22.9 Å². The topological polar surface area (TPSA) is 121 Å². The van der Waals surface area contributed by atoms with Gasteiger partial charge in [-0.1, -0.05) is 54.1 Å². The number of ether oxygens (including phenoxy) is 3. The molecule has 0 aliphatic heterocycles. The number of hydrazine groups is 1. The lowest BCUT2D eigenvalue weighted by Crippen LogP contribution is -2.56. The number of thiophene rings is 1. The first kappa shape index (κ1) is 41.6. The smallest absolute Gasteiger partial charge is 0.329 e. The third kappa shape index (κ3) is 13.0. The van der Waals surface area contributed by atoms with Gasteiger partial charge in [0.1, 0.15) is 17.4 Å². The van der Waals surface area contributed by atoms with E-state index in [0.29, 0.717) is 24.0 Å². The first-order valence-corrected chi connectivity index (χ1v) is 19.1. The van der Waals surface area contributed by atoms with E-state index in [-0.39, 0.29) is 37.6 Å². The molecule has 3 aromatic carbocycles. The summed E-state index contributed by atoms with van der Waals surface area (Å²) >= 11 is 7.58. The maximum absolute atomic E-state index is 14.8. The number of nitrogens with zero attached hydrogens (tertiary/aromatic N) is 2. The van der Waals surface area contributed by atoms with Crippen LogP contribution in [0, 0.1) is 0 Å². The molecule has 53 heavy (non-hydrogen) atoms. The monoisotopic (exact) mass is 765 g/mol. The first-order valence-electron chi connectivity index (χ1n) is 17.8. The van der Waals surface area contributed by atoms with Crippen LogP contribution in [0.3, 0.4) is 0 Å². The van der Waals surface area contributed by atoms with Crippen molar-refractivity contribution in [3.05, 3.63) is 99.9 Å². The molecule has 0 spiro atoms. The van der Waals surface area contributed by atoms with Crippen molar-refractivity contribution >= 4 is 50.9 Å². The molecule has 0 fully saturated rings. The van der Waals surface area contributed by atoms with Gasteiger partial charge in [-0.05, 0) is 99.3 Å². The number of benzene rings is 3. The lowest BCUT2D eigenvalue weighted by atomic mass is 10.0. The number of likely N-dealkylation sites (N-methyl/N-ethyl adjacent to an activating group) is 1. The molecule has 0 aliphatic carbocycles. The minimum Gasteiger partial charge on any atom is -0.488 e. The number of fused-ring (bicyclic) bond motifs is 1. The van der Waals surface area contributed by atoms with Crippen LogP contribution in [0.5, 0.6) is 5.75 Å². The Morgan fingerprint density at radius 1 is 0.906 bits per heavy atom. The van der Waals surface area contributed by atoms with Crippen molar-refractivity contribution < 1.29 is 28.6 Å². The summed E-state index contributed by atoms with van der Waals surface area (Å²) in [5, 5.41) is 10.8. The maximum Gasteiger partial charge on any atom is 0.329 e. The van der Waals surface area contributed by atoms with E-state index >= 15 is 0 Å². The van der Waals surface area contributed by atoms with E-state index in [1.807, 2.05) is 96.1 Å². The molecule has 4 amide bonds. The molecule has 0 bridgehead atoms. The number of hydrogen-bond acceptors (Lipinski definition) is 8. The van der Waals surface area contributed by atoms with Gasteiger partial charge in [0.05, 0.1) is 12.6 Å². The molecule has 286 valence electrons. The largest absolute Gasteiger partial charge is 0.488 e. The predicted octanol–water partition coefficient (Wildman–Crippen LogP) is 6.92. The summed E-state index contributed by atoms with van der Waals surface area (Å²) < 4.78 is 19.1. The van der Waals surface area contributed by atoms with Gasteiger partial charge in [0.25, 0.3) is 0 Å². The molecule has 2 unspecified atom stereocenters. The predicted molar refractivity (Wildman–Crippen MR) is 211 cm³/mol. The molecule has 11 nitrogen and oxygen atoms in total. The molecule has 1 heterocycles. The van der Waals surface area contributed by atoms with Crippen LogP contribution in [-0.4, -0.2) is 78.5 Å². The molecule has 4 rings (SSSR count). The average molecular weight is 766 g/mol. The number of carbonyl (C=O) groups is 3. The molecule has 2 atom stereocenters. The van der Waals surface area contributed by atoms with Gasteiger partial charge in [0.2, 0.25) is 11.8 Å². The fourth-order valence-electron chi connectivity index (χ4n) is 5.74. The van der Waals surface area contributed by atoms with Crippen molar-refractivity contribution in [1.29, 1.82) is 0 Å². The highest BCUT2D eigenvalue weighted by molar-refractivity contribution is 7.17. The van der Waals surface area contributed by atoms with Crippen LogP contribution in [0.1, 0.15) is 58.2 Å². The second kappa shape index (κ2) is 19.8. The van der Waals surface area contributed by atoms with E-state index in [0.717, 1.165) is 26.8 Å². The Morgan fingerprint density at radius 2 is 1.55 bits per heavy atom. The van der Waals surface area contributed by atoms with E-state index in [9.17, 15) is 14.4 Å². The molecule has 3 N–H and O–H groups in total. The summed E-state index contributed by atoms with van der Waals surface area (Å²) in [7, 11) is 1.58. The molecule has 0 aliphatic rings. The molecule has 1 aromatic heterocycles. The van der Waals surface area contributed by atoms with E-state index in [4.69, 9.17) is 25.8 Å². The highest BCUT2D eigenvalue weighted by Gasteiger charge is 2.34. The Bertz CT molecular complexity index is 1770. The number of urea groups is 1. The van der Waals surface area contributed by atoms with Crippen molar-refractivity contribution in [2.75, 3.05) is 26.8 Å². The fourth-order valence-corrected chi connectivity index (χ4v) is 6.82. The number of halogens is 1. The Balaban J connectivity index is 1.57. The summed E-state index contributed by atoms with van der Waals surface area (Å²) in [5.41, 5.74) is 4.97. The number of hydrogen-bond donors (Lipinski definition) is 3. The highest BCUT2D eigenvalue weighted by atomic mass is 35.5. The van der Waals surface area contributed by atoms with Gasteiger partial charge in [0, 0.05) is 49.5 Å². The Kier molecular flexibility index (Phi) is 15.5. The van der Waals surface area contributed by atoms with Crippen molar-refractivity contribution in [1.82, 2.24) is 26.0 Å². The molecule has 0 saturated heterocycles. The van der Waals surface area contributed by atoms with Gasteiger partial charge < -0.3 is 29.7 Å². The standard InChI is InChI=1S/C40H52ClN5O6S/c1-8-50-38(51-9-2)27(3)46(24-30-26-53-35-13-11-10-12-33(30)35)37(48)34(22-28-16-20-32(21-17-28)52-40(4,5)6)43-36(47)25-45(7)44-39(49)42-23-29-14-18-31(41)19-15-29/h10-21,26-27,34,38H,8-9,22-25H2,1-7H3,(H,43,47)(H2,42,44,49). The van der Waals surface area contributed by atoms with Crippen LogP contribution in [0.2, 0.25) is 5.02 Å². The highest BCUT2D eigenvalue weighted by Crippen LogP contribution is 2.28. The molecule has 0 radical (unpaired) electrons. The average Bonchev–Trinajstić information content (AvgIpc) is 3.52. The van der Waals surface area contributed by atoms with E-state index in [2.05, 4.69) is 27.5 Å². The van der Waals surface area contributed by atoms with Gasteiger partial charge >= 0.3 is 6.03 Å². The Labute approximate surface area is 321 Å². The molecule has 0 saturated carbocycles. The van der Waals surface area contributed by atoms with Crippen LogP contribution in [-0.2, 0) is 38.6 Å². The number of nitrogens with one attached hydrogen (secondary N) is 3. The third-order valence-electron chi connectivity index (χ3n) is 8.19. The third-order valence-corrected chi connectivity index (χ3v) is 9.46. The van der Waals surface area contributed by atoms with Crippen LogP contribution in [0.25, 0.3) is 10.1 Å². The van der Waals surface area contributed by atoms with Gasteiger partial charge in [-0.25, -0.2) is 9.80 Å². The summed E-state index contributed by atoms with van der Waals surface area (Å²) in [6.07, 6.45) is -0.480. The number of amides is 4. The lowest BCUT2D eigenvalue weighted by Gasteiger charge is -2.36. The lowest BCUT2D eigenvalue weighted by molar-refractivity contribution is -0.179. The second-order valence-corrected chi connectivity index (χ2v) is 15.1. The Hall–Kier alpha value is -4.20. The minimum atomic E-state index is -0.958. The van der Waals surface area contributed by atoms with Gasteiger partial charge in [-0.3, -0.25) is 15.0 Å². The van der Waals surface area contributed by atoms with Gasteiger partial charge in [0.15, 0.2) is 6.29 Å². The Morgan fingerprint density at radius 3 is 2.19 bits per heavy atom. The van der Waals surface area contributed by atoms with Crippen molar-refractivity contribution in [3.8, 4) is 5.75 Å². The minimum absolute atomic E-state index is 0.207. The van der Waals surface area contributed by atoms with Crippen LogP contribution in [0.4, 0.5) is 4.79 Å². The van der Waals surface area contributed by atoms with Crippen molar-refractivity contribution in [3.63, 3.8) is 0 Å². The van der Waals surface area contributed by atoms with Gasteiger partial charge in [-0.15, -0.1) is 11.3 Å². The summed E-state index contributed by atoms with van der Waals surface area (Å²) in [4.78, 5) is 42.8. The van der Waals surface area contributed by atoms with Crippen LogP contribution < -0.4 is 20.8 Å². The SMILES string of the molecule is CCOC(OCC)C(C)N(Cc1csc2ccccc12)C(=O)C(Cc1ccc(OC(C)(C)C)cc1)NC(=O)CN(C)NC(=O)NCc1ccc(Cl)cc1.